The number of hydrogen-bond donors (Lipinski definition) is 2. The number of nitrogens with one attached hydrogen (secondary N) is 1. The number of carbonyl (C=O) groups is 1. The highest BCUT2D eigenvalue weighted by Crippen LogP contribution is 2.04. The third-order valence-corrected chi connectivity index (χ3v) is 1.48. The minimum Gasteiger partial charge on any atom is -0.399 e. The summed E-state index contributed by atoms with van der Waals surface area (Å²) in [5.74, 6) is -0.262. The molecule has 1 aromatic carbocycles. The summed E-state index contributed by atoms with van der Waals surface area (Å²) in [7, 11) is 0. The van der Waals surface area contributed by atoms with E-state index in [9.17, 15) is 4.79 Å². The molecule has 0 fully saturated rings. The summed E-state index contributed by atoms with van der Waals surface area (Å²) in [6, 6.07) is 6.62. The largest absolute Gasteiger partial charge is 0.399 e. The highest BCUT2D eigenvalue weighted by Gasteiger charge is 2.03. The molecule has 0 saturated heterocycles. The summed E-state index contributed by atoms with van der Waals surface area (Å²) in [6.07, 6.45) is 0. The molecule has 0 saturated carbocycles. The van der Waals surface area contributed by atoms with Crippen LogP contribution in [0.5, 0.6) is 0 Å². The molecule has 0 bridgehead atoms. The first-order valence-corrected chi connectivity index (χ1v) is 4.01. The van der Waals surface area contributed by atoms with Gasteiger partial charge in [0.1, 0.15) is 0 Å². The summed E-state index contributed by atoms with van der Waals surface area (Å²) in [5.41, 5.74) is 8.91. The van der Waals surface area contributed by atoms with E-state index in [-0.39, 0.29) is 5.91 Å². The average molecular weight is 180 g/mol. The predicted octanol–water partition coefficient (Wildman–Crippen LogP) is 0.950. The lowest BCUT2D eigenvalue weighted by Crippen LogP contribution is -2.23. The Morgan fingerprint density at radius 2 is 2.08 bits per heavy atom. The number of rotatable bonds is 3. The molecule has 1 rings (SSSR count). The molecule has 0 aromatic heterocycles. The van der Waals surface area contributed by atoms with E-state index in [1.54, 1.807) is 31.2 Å². The molecule has 4 heteroatoms. The standard InChI is InChI=1S/C9H12N2O2/c1-2-13-11-9(12)7-3-5-8(10)6-4-7/h3-6H,2,10H2,1H3,(H,11,12). The van der Waals surface area contributed by atoms with Gasteiger partial charge in [0, 0.05) is 11.3 Å². The Morgan fingerprint density at radius 3 is 2.62 bits per heavy atom. The number of benzene rings is 1. The Balaban J connectivity index is 2.61. The number of hydroxylamine groups is 1. The summed E-state index contributed by atoms with van der Waals surface area (Å²) < 4.78 is 0. The molecule has 70 valence electrons. The van der Waals surface area contributed by atoms with Crippen molar-refractivity contribution < 1.29 is 9.63 Å². The number of hydrogen-bond acceptors (Lipinski definition) is 3. The fraction of sp³-hybridized carbons (Fsp3) is 0.222. The van der Waals surface area contributed by atoms with Crippen LogP contribution in [-0.4, -0.2) is 12.5 Å². The van der Waals surface area contributed by atoms with Crippen LogP contribution in [0, 0.1) is 0 Å². The molecular formula is C9H12N2O2. The zero-order valence-corrected chi connectivity index (χ0v) is 7.41. The topological polar surface area (TPSA) is 64.3 Å². The van der Waals surface area contributed by atoms with Crippen molar-refractivity contribution in [2.24, 2.45) is 0 Å². The third kappa shape index (κ3) is 2.76. The van der Waals surface area contributed by atoms with Crippen molar-refractivity contribution in [2.75, 3.05) is 12.3 Å². The van der Waals surface area contributed by atoms with Crippen molar-refractivity contribution in [3.63, 3.8) is 0 Å². The minimum absolute atomic E-state index is 0.262. The number of amides is 1. The second-order valence-electron chi connectivity index (χ2n) is 2.49. The van der Waals surface area contributed by atoms with E-state index >= 15 is 0 Å². The molecule has 0 unspecified atom stereocenters. The molecule has 0 heterocycles. The zero-order valence-electron chi connectivity index (χ0n) is 7.41. The van der Waals surface area contributed by atoms with Gasteiger partial charge in [0.15, 0.2) is 0 Å². The maximum atomic E-state index is 11.2. The quantitative estimate of drug-likeness (QED) is 0.537. The van der Waals surface area contributed by atoms with Crippen molar-refractivity contribution >= 4 is 11.6 Å². The van der Waals surface area contributed by atoms with Crippen LogP contribution in [0.25, 0.3) is 0 Å². The second kappa shape index (κ2) is 4.47. The van der Waals surface area contributed by atoms with Gasteiger partial charge in [-0.15, -0.1) is 0 Å². The average Bonchev–Trinajstić information content (AvgIpc) is 2.15. The Bertz CT molecular complexity index is 282. The van der Waals surface area contributed by atoms with Gasteiger partial charge in [-0.25, -0.2) is 5.48 Å². The maximum absolute atomic E-state index is 11.2. The van der Waals surface area contributed by atoms with Gasteiger partial charge in [-0.3, -0.25) is 9.63 Å². The van der Waals surface area contributed by atoms with Gasteiger partial charge in [0.25, 0.3) is 5.91 Å². The molecule has 0 aliphatic carbocycles. The van der Waals surface area contributed by atoms with Gasteiger partial charge in [-0.2, -0.15) is 0 Å². The summed E-state index contributed by atoms with van der Waals surface area (Å²) >= 11 is 0. The number of nitrogen functional groups attached to an aromatic ring is 1. The highest BCUT2D eigenvalue weighted by atomic mass is 16.6. The minimum atomic E-state index is -0.262. The van der Waals surface area contributed by atoms with Gasteiger partial charge in [0.2, 0.25) is 0 Å². The van der Waals surface area contributed by atoms with Gasteiger partial charge in [0.05, 0.1) is 6.61 Å². The predicted molar refractivity (Wildman–Crippen MR) is 49.9 cm³/mol. The van der Waals surface area contributed by atoms with E-state index in [0.29, 0.717) is 17.9 Å². The summed E-state index contributed by atoms with van der Waals surface area (Å²) in [6.45, 7) is 2.24. The van der Waals surface area contributed by atoms with Crippen LogP contribution >= 0.6 is 0 Å². The molecule has 0 spiro atoms. The molecule has 0 atom stereocenters. The Morgan fingerprint density at radius 1 is 1.46 bits per heavy atom. The van der Waals surface area contributed by atoms with E-state index in [1.807, 2.05) is 0 Å². The van der Waals surface area contributed by atoms with Gasteiger partial charge in [-0.05, 0) is 31.2 Å². The molecule has 13 heavy (non-hydrogen) atoms. The smallest absolute Gasteiger partial charge is 0.274 e. The molecule has 3 N–H and O–H groups in total. The Kier molecular flexibility index (Phi) is 3.28. The van der Waals surface area contributed by atoms with Gasteiger partial charge < -0.3 is 5.73 Å². The van der Waals surface area contributed by atoms with Crippen LogP contribution in [0.2, 0.25) is 0 Å². The fourth-order valence-electron chi connectivity index (χ4n) is 0.831. The number of nitrogens with two attached hydrogens (primary N) is 1. The SMILES string of the molecule is CCONC(=O)c1ccc(N)cc1. The summed E-state index contributed by atoms with van der Waals surface area (Å²) in [4.78, 5) is 16.0. The van der Waals surface area contributed by atoms with E-state index in [0.717, 1.165) is 0 Å². The van der Waals surface area contributed by atoms with Crippen molar-refractivity contribution in [3.05, 3.63) is 29.8 Å². The van der Waals surface area contributed by atoms with Crippen LogP contribution in [0.1, 0.15) is 17.3 Å². The second-order valence-corrected chi connectivity index (χ2v) is 2.49. The van der Waals surface area contributed by atoms with Crippen LogP contribution in [0.3, 0.4) is 0 Å². The highest BCUT2D eigenvalue weighted by molar-refractivity contribution is 5.93. The molecule has 1 amide bonds. The lowest BCUT2D eigenvalue weighted by atomic mass is 10.2. The van der Waals surface area contributed by atoms with E-state index in [1.165, 1.54) is 0 Å². The van der Waals surface area contributed by atoms with Crippen LogP contribution in [-0.2, 0) is 4.84 Å². The molecular weight excluding hydrogens is 168 g/mol. The normalized spacial score (nSPS) is 9.62. The van der Waals surface area contributed by atoms with Crippen LogP contribution in [0.15, 0.2) is 24.3 Å². The Hall–Kier alpha value is -1.55. The lowest BCUT2D eigenvalue weighted by Gasteiger charge is -2.03. The molecule has 1 aromatic rings. The maximum Gasteiger partial charge on any atom is 0.274 e. The molecule has 0 radical (unpaired) electrons. The van der Waals surface area contributed by atoms with E-state index in [4.69, 9.17) is 10.6 Å². The van der Waals surface area contributed by atoms with Crippen LogP contribution in [0.4, 0.5) is 5.69 Å². The first kappa shape index (κ1) is 9.54. The van der Waals surface area contributed by atoms with E-state index in [2.05, 4.69) is 5.48 Å². The summed E-state index contributed by atoms with van der Waals surface area (Å²) in [5, 5.41) is 0. The zero-order chi connectivity index (χ0) is 9.68. The number of anilines is 1. The van der Waals surface area contributed by atoms with Gasteiger partial charge >= 0.3 is 0 Å². The fourth-order valence-corrected chi connectivity index (χ4v) is 0.831. The third-order valence-electron chi connectivity index (χ3n) is 1.48. The molecule has 4 nitrogen and oxygen atoms in total. The van der Waals surface area contributed by atoms with Crippen molar-refractivity contribution in [1.82, 2.24) is 5.48 Å². The first-order valence-electron chi connectivity index (χ1n) is 4.01. The van der Waals surface area contributed by atoms with E-state index < -0.39 is 0 Å². The molecule has 0 aliphatic heterocycles. The number of carbonyl (C=O) groups excluding carboxylic acids is 1. The first-order chi connectivity index (χ1) is 6.24. The van der Waals surface area contributed by atoms with Gasteiger partial charge in [-0.1, -0.05) is 0 Å². The Labute approximate surface area is 76.6 Å². The lowest BCUT2D eigenvalue weighted by molar-refractivity contribution is 0.0364. The van der Waals surface area contributed by atoms with Crippen LogP contribution < -0.4 is 11.2 Å². The monoisotopic (exact) mass is 180 g/mol. The van der Waals surface area contributed by atoms with Crippen molar-refractivity contribution in [2.45, 2.75) is 6.92 Å². The molecule has 0 aliphatic rings. The van der Waals surface area contributed by atoms with Crippen molar-refractivity contribution in [1.29, 1.82) is 0 Å². The van der Waals surface area contributed by atoms with Crippen molar-refractivity contribution in [3.8, 4) is 0 Å².